The highest BCUT2D eigenvalue weighted by Gasteiger charge is 2.23. The summed E-state index contributed by atoms with van der Waals surface area (Å²) >= 11 is 5.92. The summed E-state index contributed by atoms with van der Waals surface area (Å²) in [6.45, 7) is 8.31. The third-order valence-electron chi connectivity index (χ3n) is 5.16. The predicted molar refractivity (Wildman–Crippen MR) is 130 cm³/mol. The van der Waals surface area contributed by atoms with E-state index in [9.17, 15) is 9.59 Å². The molecule has 0 aliphatic carbocycles. The SMILES string of the molecule is CCN(CC(=O)Nc1cc(C(C)(C)C)nn1-c1ccc(OC)cc1)C(=O)c1ccc(Cl)cc1. The number of nitrogens with one attached hydrogen (secondary N) is 1. The number of methoxy groups -OCH3 is 1. The van der Waals surface area contributed by atoms with Crippen LogP contribution in [0, 0.1) is 0 Å². The molecular formula is C25H29ClN4O3. The van der Waals surface area contributed by atoms with Gasteiger partial charge in [0.2, 0.25) is 5.91 Å². The van der Waals surface area contributed by atoms with E-state index in [1.54, 1.807) is 36.1 Å². The lowest BCUT2D eigenvalue weighted by Gasteiger charge is -2.20. The van der Waals surface area contributed by atoms with E-state index in [0.717, 1.165) is 17.1 Å². The van der Waals surface area contributed by atoms with E-state index in [4.69, 9.17) is 21.4 Å². The van der Waals surface area contributed by atoms with E-state index in [1.807, 2.05) is 37.3 Å². The lowest BCUT2D eigenvalue weighted by Crippen LogP contribution is -2.38. The third kappa shape index (κ3) is 5.93. The number of likely N-dealkylation sites (N-methyl/N-ethyl adjacent to an activating group) is 1. The van der Waals surface area contributed by atoms with Gasteiger partial charge in [0.1, 0.15) is 18.1 Å². The lowest BCUT2D eigenvalue weighted by molar-refractivity contribution is -0.116. The summed E-state index contributed by atoms with van der Waals surface area (Å²) in [4.78, 5) is 27.2. The van der Waals surface area contributed by atoms with Gasteiger partial charge in [0.25, 0.3) is 5.91 Å². The molecule has 3 aromatic rings. The van der Waals surface area contributed by atoms with Crippen LogP contribution in [0.4, 0.5) is 5.82 Å². The zero-order chi connectivity index (χ0) is 24.2. The number of benzene rings is 2. The molecule has 0 aliphatic heterocycles. The molecule has 0 fully saturated rings. The number of hydrogen-bond donors (Lipinski definition) is 1. The fourth-order valence-electron chi connectivity index (χ4n) is 3.21. The zero-order valence-electron chi connectivity index (χ0n) is 19.6. The average Bonchev–Trinajstić information content (AvgIpc) is 3.21. The van der Waals surface area contributed by atoms with Crippen molar-refractivity contribution in [3.63, 3.8) is 0 Å². The Morgan fingerprint density at radius 3 is 2.27 bits per heavy atom. The molecule has 0 radical (unpaired) electrons. The summed E-state index contributed by atoms with van der Waals surface area (Å²) in [5, 5.41) is 8.19. The first kappa shape index (κ1) is 24.3. The molecule has 1 N–H and O–H groups in total. The summed E-state index contributed by atoms with van der Waals surface area (Å²) in [5.74, 6) is 0.717. The molecule has 3 rings (SSSR count). The number of halogens is 1. The van der Waals surface area contributed by atoms with Gasteiger partial charge in [-0.2, -0.15) is 5.10 Å². The van der Waals surface area contributed by atoms with Crippen LogP contribution in [0.15, 0.2) is 54.6 Å². The van der Waals surface area contributed by atoms with Crippen molar-refractivity contribution in [1.82, 2.24) is 14.7 Å². The number of carbonyl (C=O) groups excluding carboxylic acids is 2. The van der Waals surface area contributed by atoms with E-state index < -0.39 is 0 Å². The van der Waals surface area contributed by atoms with Crippen LogP contribution in [0.3, 0.4) is 0 Å². The Balaban J connectivity index is 1.83. The van der Waals surface area contributed by atoms with Crippen LogP contribution in [-0.2, 0) is 10.2 Å². The molecule has 8 heteroatoms. The highest BCUT2D eigenvalue weighted by Crippen LogP contribution is 2.27. The Bertz CT molecular complexity index is 1120. The Hall–Kier alpha value is -3.32. The van der Waals surface area contributed by atoms with E-state index in [1.165, 1.54) is 4.90 Å². The lowest BCUT2D eigenvalue weighted by atomic mass is 9.92. The Morgan fingerprint density at radius 1 is 1.09 bits per heavy atom. The second-order valence-corrected chi connectivity index (χ2v) is 9.09. The summed E-state index contributed by atoms with van der Waals surface area (Å²) in [7, 11) is 1.61. The van der Waals surface area contributed by atoms with Crippen molar-refractivity contribution < 1.29 is 14.3 Å². The molecule has 0 unspecified atom stereocenters. The molecule has 1 aromatic heterocycles. The molecule has 0 saturated heterocycles. The Morgan fingerprint density at radius 2 is 1.73 bits per heavy atom. The largest absolute Gasteiger partial charge is 0.497 e. The number of amides is 2. The fourth-order valence-corrected chi connectivity index (χ4v) is 3.34. The highest BCUT2D eigenvalue weighted by molar-refractivity contribution is 6.30. The molecule has 0 aliphatic rings. The molecule has 0 atom stereocenters. The highest BCUT2D eigenvalue weighted by atomic mass is 35.5. The van der Waals surface area contributed by atoms with Crippen molar-refractivity contribution in [3.8, 4) is 11.4 Å². The fraction of sp³-hybridized carbons (Fsp3) is 0.320. The molecule has 0 bridgehead atoms. The van der Waals surface area contributed by atoms with E-state index in [0.29, 0.717) is 22.9 Å². The van der Waals surface area contributed by atoms with Gasteiger partial charge in [0, 0.05) is 28.6 Å². The van der Waals surface area contributed by atoms with Crippen LogP contribution < -0.4 is 10.1 Å². The van der Waals surface area contributed by atoms with Crippen LogP contribution in [0.5, 0.6) is 5.75 Å². The quantitative estimate of drug-likeness (QED) is 0.533. The molecule has 174 valence electrons. The number of hydrogen-bond acceptors (Lipinski definition) is 4. The van der Waals surface area contributed by atoms with Gasteiger partial charge >= 0.3 is 0 Å². The van der Waals surface area contributed by atoms with Crippen LogP contribution in [-0.4, -0.2) is 46.7 Å². The summed E-state index contributed by atoms with van der Waals surface area (Å²) in [6.07, 6.45) is 0. The second-order valence-electron chi connectivity index (χ2n) is 8.65. The minimum Gasteiger partial charge on any atom is -0.497 e. The van der Waals surface area contributed by atoms with Crippen molar-refractivity contribution in [1.29, 1.82) is 0 Å². The molecule has 0 saturated carbocycles. The van der Waals surface area contributed by atoms with Gasteiger partial charge in [-0.1, -0.05) is 32.4 Å². The van der Waals surface area contributed by atoms with Gasteiger partial charge in [-0.15, -0.1) is 0 Å². The van der Waals surface area contributed by atoms with Gasteiger partial charge in [-0.3, -0.25) is 9.59 Å². The number of carbonyl (C=O) groups is 2. The maximum atomic E-state index is 12.9. The minimum atomic E-state index is -0.311. The second kappa shape index (κ2) is 10.1. The van der Waals surface area contributed by atoms with E-state index in [2.05, 4.69) is 26.1 Å². The molecule has 1 heterocycles. The van der Waals surface area contributed by atoms with Crippen molar-refractivity contribution in [2.75, 3.05) is 25.5 Å². The van der Waals surface area contributed by atoms with Gasteiger partial charge in [0.15, 0.2) is 0 Å². The van der Waals surface area contributed by atoms with Crippen LogP contribution in [0.1, 0.15) is 43.7 Å². The number of ether oxygens (including phenoxy) is 1. The Labute approximate surface area is 199 Å². The standard InChI is InChI=1S/C25H29ClN4O3/c1-6-29(24(32)17-7-9-18(26)10-8-17)16-23(31)27-22-15-21(25(2,3)4)28-30(22)19-11-13-20(33-5)14-12-19/h7-15H,6,16H2,1-5H3,(H,27,31). The maximum absolute atomic E-state index is 12.9. The van der Waals surface area contributed by atoms with E-state index >= 15 is 0 Å². The van der Waals surface area contributed by atoms with Crippen LogP contribution in [0.25, 0.3) is 5.69 Å². The summed E-state index contributed by atoms with van der Waals surface area (Å²) in [5.41, 5.74) is 1.88. The van der Waals surface area contributed by atoms with Crippen LogP contribution in [0.2, 0.25) is 5.02 Å². The van der Waals surface area contributed by atoms with E-state index in [-0.39, 0.29) is 23.8 Å². The topological polar surface area (TPSA) is 76.5 Å². The Kier molecular flexibility index (Phi) is 7.43. The van der Waals surface area contributed by atoms with Gasteiger partial charge < -0.3 is 15.0 Å². The number of nitrogens with zero attached hydrogens (tertiary/aromatic N) is 3. The monoisotopic (exact) mass is 468 g/mol. The van der Waals surface area contributed by atoms with Crippen molar-refractivity contribution in [2.24, 2.45) is 0 Å². The van der Waals surface area contributed by atoms with Gasteiger partial charge in [-0.25, -0.2) is 4.68 Å². The van der Waals surface area contributed by atoms with Gasteiger partial charge in [0.05, 0.1) is 18.5 Å². The van der Waals surface area contributed by atoms with Crippen molar-refractivity contribution >= 4 is 29.2 Å². The molecular weight excluding hydrogens is 440 g/mol. The first-order valence-corrected chi connectivity index (χ1v) is 11.1. The molecule has 2 aromatic carbocycles. The molecule has 7 nitrogen and oxygen atoms in total. The minimum absolute atomic E-state index is 0.0867. The molecule has 33 heavy (non-hydrogen) atoms. The smallest absolute Gasteiger partial charge is 0.254 e. The average molecular weight is 469 g/mol. The summed E-state index contributed by atoms with van der Waals surface area (Å²) in [6, 6.07) is 15.9. The number of aromatic nitrogens is 2. The van der Waals surface area contributed by atoms with Crippen molar-refractivity contribution in [3.05, 3.63) is 70.9 Å². The normalized spacial score (nSPS) is 11.2. The maximum Gasteiger partial charge on any atom is 0.254 e. The van der Waals surface area contributed by atoms with Gasteiger partial charge in [-0.05, 0) is 55.5 Å². The van der Waals surface area contributed by atoms with Crippen molar-refractivity contribution in [2.45, 2.75) is 33.1 Å². The first-order chi connectivity index (χ1) is 15.6. The van der Waals surface area contributed by atoms with Crippen LogP contribution >= 0.6 is 11.6 Å². The predicted octanol–water partition coefficient (Wildman–Crippen LogP) is 4.93. The number of rotatable bonds is 7. The molecule has 0 spiro atoms. The first-order valence-electron chi connectivity index (χ1n) is 10.7. The molecule has 2 amide bonds. The third-order valence-corrected chi connectivity index (χ3v) is 5.41. The zero-order valence-corrected chi connectivity index (χ0v) is 20.3. The summed E-state index contributed by atoms with van der Waals surface area (Å²) < 4.78 is 6.93. The number of anilines is 1.